The summed E-state index contributed by atoms with van der Waals surface area (Å²) in [7, 11) is 0. The minimum atomic E-state index is -0.155. The number of H-pyrrole nitrogens is 1. The smallest absolute Gasteiger partial charge is 0.306 e. The van der Waals surface area contributed by atoms with Crippen LogP contribution in [0.2, 0.25) is 0 Å². The average molecular weight is 295 g/mol. The molecule has 0 fully saturated rings. The number of nitrogens with one attached hydrogen (secondary N) is 1. The van der Waals surface area contributed by atoms with Gasteiger partial charge in [-0.3, -0.25) is 0 Å². The summed E-state index contributed by atoms with van der Waals surface area (Å²) < 4.78 is 1.62. The van der Waals surface area contributed by atoms with Crippen molar-refractivity contribution < 1.29 is 0 Å². The van der Waals surface area contributed by atoms with Crippen LogP contribution in [-0.2, 0) is 0 Å². The zero-order valence-corrected chi connectivity index (χ0v) is 13.4. The molecule has 0 aliphatic rings. The van der Waals surface area contributed by atoms with Gasteiger partial charge >= 0.3 is 5.69 Å². The molecule has 0 bridgehead atoms. The van der Waals surface area contributed by atoms with Crippen molar-refractivity contribution in [3.8, 4) is 0 Å². The highest BCUT2D eigenvalue weighted by Gasteiger charge is 2.09. The molecule has 0 aliphatic carbocycles. The molecular weight excluding hydrogens is 274 g/mol. The van der Waals surface area contributed by atoms with E-state index in [1.807, 2.05) is 76.2 Å². The van der Waals surface area contributed by atoms with E-state index in [2.05, 4.69) is 9.97 Å². The Balaban J connectivity index is 0.000000410. The van der Waals surface area contributed by atoms with Gasteiger partial charge in [-0.2, -0.15) is 0 Å². The SMILES string of the molecule is CC.CC.O=c1[nH]c2ccccc2c2nc3ccccc3n12. The van der Waals surface area contributed by atoms with Crippen LogP contribution in [0.3, 0.4) is 0 Å². The second-order valence-electron chi connectivity index (χ2n) is 4.24. The molecule has 2 heterocycles. The molecule has 0 atom stereocenters. The van der Waals surface area contributed by atoms with Crippen LogP contribution in [0.5, 0.6) is 0 Å². The molecule has 4 rings (SSSR count). The van der Waals surface area contributed by atoms with E-state index in [-0.39, 0.29) is 5.69 Å². The molecule has 2 aromatic carbocycles. The molecule has 1 N–H and O–H groups in total. The fraction of sp³-hybridized carbons (Fsp3) is 0.222. The molecular formula is C18H21N3O. The summed E-state index contributed by atoms with van der Waals surface area (Å²) in [5, 5.41) is 0.952. The maximum absolute atomic E-state index is 12.1. The van der Waals surface area contributed by atoms with E-state index in [9.17, 15) is 4.79 Å². The Bertz CT molecular complexity index is 951. The van der Waals surface area contributed by atoms with Gasteiger partial charge in [-0.1, -0.05) is 52.0 Å². The van der Waals surface area contributed by atoms with E-state index in [1.54, 1.807) is 4.40 Å². The van der Waals surface area contributed by atoms with Crippen LogP contribution in [0.15, 0.2) is 53.3 Å². The molecule has 0 amide bonds. The first-order chi connectivity index (χ1) is 10.8. The van der Waals surface area contributed by atoms with E-state index in [4.69, 9.17) is 0 Å². The monoisotopic (exact) mass is 295 g/mol. The molecule has 4 aromatic rings. The lowest BCUT2D eigenvalue weighted by atomic mass is 10.2. The van der Waals surface area contributed by atoms with Crippen molar-refractivity contribution in [3.05, 3.63) is 59.0 Å². The largest absolute Gasteiger partial charge is 0.332 e. The first-order valence-corrected chi connectivity index (χ1v) is 7.73. The molecule has 22 heavy (non-hydrogen) atoms. The minimum absolute atomic E-state index is 0.155. The third kappa shape index (κ3) is 2.48. The van der Waals surface area contributed by atoms with E-state index in [0.717, 1.165) is 21.9 Å². The molecule has 114 valence electrons. The third-order valence-electron chi connectivity index (χ3n) is 3.17. The first-order valence-electron chi connectivity index (χ1n) is 7.73. The Morgan fingerprint density at radius 3 is 2.32 bits per heavy atom. The summed E-state index contributed by atoms with van der Waals surface area (Å²) in [6, 6.07) is 15.3. The van der Waals surface area contributed by atoms with E-state index >= 15 is 0 Å². The molecule has 4 heteroatoms. The van der Waals surface area contributed by atoms with E-state index in [0.29, 0.717) is 5.65 Å². The van der Waals surface area contributed by atoms with Crippen LogP contribution in [0.1, 0.15) is 27.7 Å². The van der Waals surface area contributed by atoms with Gasteiger partial charge in [0.15, 0.2) is 5.65 Å². The number of aromatic nitrogens is 3. The van der Waals surface area contributed by atoms with Gasteiger partial charge in [-0.05, 0) is 24.3 Å². The number of imidazole rings is 1. The maximum Gasteiger partial charge on any atom is 0.332 e. The first kappa shape index (κ1) is 15.8. The van der Waals surface area contributed by atoms with Gasteiger partial charge in [0.2, 0.25) is 0 Å². The molecule has 0 unspecified atom stereocenters. The summed E-state index contributed by atoms with van der Waals surface area (Å²) in [6.07, 6.45) is 0. The number of hydrogen-bond acceptors (Lipinski definition) is 2. The topological polar surface area (TPSA) is 50.2 Å². The predicted molar refractivity (Wildman–Crippen MR) is 93.5 cm³/mol. The van der Waals surface area contributed by atoms with Gasteiger partial charge in [0.1, 0.15) is 0 Å². The Kier molecular flexibility index (Phi) is 4.94. The standard InChI is InChI=1S/C14H9N3O.2C2H6/c18-14-16-10-6-2-1-5-9(10)13-15-11-7-3-4-8-12(11)17(13)14;2*1-2/h1-8H,(H,16,18);2*1-2H3. The number of benzene rings is 2. The molecule has 0 saturated carbocycles. The second-order valence-corrected chi connectivity index (χ2v) is 4.24. The molecule has 2 aromatic heterocycles. The third-order valence-corrected chi connectivity index (χ3v) is 3.17. The van der Waals surface area contributed by atoms with E-state index < -0.39 is 0 Å². The van der Waals surface area contributed by atoms with Crippen LogP contribution in [0.25, 0.3) is 27.6 Å². The van der Waals surface area contributed by atoms with Crippen LogP contribution >= 0.6 is 0 Å². The summed E-state index contributed by atoms with van der Waals surface area (Å²) >= 11 is 0. The number of nitrogens with zero attached hydrogens (tertiary/aromatic N) is 2. The van der Waals surface area contributed by atoms with Crippen LogP contribution < -0.4 is 5.69 Å². The number of fused-ring (bicyclic) bond motifs is 5. The number of aromatic amines is 1. The zero-order valence-electron chi connectivity index (χ0n) is 13.4. The second kappa shape index (κ2) is 6.89. The lowest BCUT2D eigenvalue weighted by molar-refractivity contribution is 1.06. The summed E-state index contributed by atoms with van der Waals surface area (Å²) in [5.41, 5.74) is 3.03. The van der Waals surface area contributed by atoms with Gasteiger partial charge in [-0.25, -0.2) is 14.2 Å². The van der Waals surface area contributed by atoms with Gasteiger partial charge in [0.05, 0.1) is 16.6 Å². The van der Waals surface area contributed by atoms with Gasteiger partial charge < -0.3 is 4.98 Å². The van der Waals surface area contributed by atoms with Gasteiger partial charge in [-0.15, -0.1) is 0 Å². The fourth-order valence-corrected chi connectivity index (χ4v) is 2.37. The van der Waals surface area contributed by atoms with Crippen molar-refractivity contribution in [2.45, 2.75) is 27.7 Å². The summed E-state index contributed by atoms with van der Waals surface area (Å²) in [4.78, 5) is 19.6. The highest BCUT2D eigenvalue weighted by Crippen LogP contribution is 2.20. The van der Waals surface area contributed by atoms with Gasteiger partial charge in [0.25, 0.3) is 0 Å². The van der Waals surface area contributed by atoms with Gasteiger partial charge in [0, 0.05) is 5.39 Å². The average Bonchev–Trinajstić information content (AvgIpc) is 2.99. The van der Waals surface area contributed by atoms with Crippen molar-refractivity contribution >= 4 is 27.6 Å². The lowest BCUT2D eigenvalue weighted by Crippen LogP contribution is -2.15. The minimum Gasteiger partial charge on any atom is -0.306 e. The van der Waals surface area contributed by atoms with Crippen molar-refractivity contribution in [3.63, 3.8) is 0 Å². The number of rotatable bonds is 0. The van der Waals surface area contributed by atoms with Crippen molar-refractivity contribution in [1.29, 1.82) is 0 Å². The van der Waals surface area contributed by atoms with Crippen LogP contribution in [0.4, 0.5) is 0 Å². The Hall–Kier alpha value is -2.62. The highest BCUT2D eigenvalue weighted by atomic mass is 16.1. The summed E-state index contributed by atoms with van der Waals surface area (Å²) in [6.45, 7) is 8.00. The number of para-hydroxylation sites is 3. The number of hydrogen-bond donors (Lipinski definition) is 1. The fourth-order valence-electron chi connectivity index (χ4n) is 2.37. The highest BCUT2D eigenvalue weighted by molar-refractivity contribution is 5.95. The quantitative estimate of drug-likeness (QED) is 0.523. The zero-order chi connectivity index (χ0) is 16.1. The molecule has 0 aliphatic heterocycles. The Labute approximate surface area is 129 Å². The van der Waals surface area contributed by atoms with Crippen molar-refractivity contribution in [1.82, 2.24) is 14.4 Å². The normalized spacial score (nSPS) is 10.0. The Morgan fingerprint density at radius 1 is 0.909 bits per heavy atom. The lowest BCUT2D eigenvalue weighted by Gasteiger charge is -1.99. The predicted octanol–water partition coefficient (Wildman–Crippen LogP) is 4.38. The van der Waals surface area contributed by atoms with Crippen LogP contribution in [0, 0.1) is 0 Å². The maximum atomic E-state index is 12.1. The Morgan fingerprint density at radius 2 is 1.55 bits per heavy atom. The summed E-state index contributed by atoms with van der Waals surface area (Å²) in [5.74, 6) is 0. The van der Waals surface area contributed by atoms with E-state index in [1.165, 1.54) is 0 Å². The molecule has 0 spiro atoms. The van der Waals surface area contributed by atoms with Crippen molar-refractivity contribution in [2.24, 2.45) is 0 Å². The van der Waals surface area contributed by atoms with Crippen LogP contribution in [-0.4, -0.2) is 14.4 Å². The van der Waals surface area contributed by atoms with Crippen molar-refractivity contribution in [2.75, 3.05) is 0 Å². The molecule has 0 saturated heterocycles. The molecule has 0 radical (unpaired) electrons. The molecule has 4 nitrogen and oxygen atoms in total.